The summed E-state index contributed by atoms with van der Waals surface area (Å²) < 4.78 is 16.7. The maximum Gasteiger partial charge on any atom is 0.138 e. The normalized spacial score (nSPS) is 17.7. The van der Waals surface area contributed by atoms with E-state index in [0.717, 1.165) is 29.8 Å². The number of alkyl halides is 1. The number of halogens is 3. The van der Waals surface area contributed by atoms with Crippen molar-refractivity contribution in [2.45, 2.75) is 51.5 Å². The van der Waals surface area contributed by atoms with Crippen LogP contribution in [0, 0.1) is 14.8 Å². The highest BCUT2D eigenvalue weighted by molar-refractivity contribution is 14.1. The average Bonchev–Trinajstić information content (AvgIpc) is 3.07. The Bertz CT molecular complexity index is 662. The van der Waals surface area contributed by atoms with Gasteiger partial charge in [-0.2, -0.15) is 0 Å². The molecule has 0 saturated heterocycles. The van der Waals surface area contributed by atoms with Gasteiger partial charge in [-0.05, 0) is 53.3 Å². The summed E-state index contributed by atoms with van der Waals surface area (Å²) in [6, 6.07) is 3.42. The topological polar surface area (TPSA) is 17.8 Å². The minimum Gasteiger partial charge on any atom is -0.326 e. The lowest BCUT2D eigenvalue weighted by Crippen LogP contribution is -2.23. The van der Waals surface area contributed by atoms with Crippen LogP contribution in [0.2, 0.25) is 0 Å². The third-order valence-corrected chi connectivity index (χ3v) is 5.96. The van der Waals surface area contributed by atoms with Crippen LogP contribution in [0.25, 0.3) is 11.0 Å². The van der Waals surface area contributed by atoms with Gasteiger partial charge in [0.2, 0.25) is 0 Å². The average molecular weight is 421 g/mol. The highest BCUT2D eigenvalue weighted by Gasteiger charge is 2.33. The summed E-state index contributed by atoms with van der Waals surface area (Å²) in [4.78, 5) is 4.60. The van der Waals surface area contributed by atoms with Crippen molar-refractivity contribution in [3.05, 3.63) is 27.3 Å². The number of benzene rings is 1. The molecule has 0 amide bonds. The molecule has 2 aromatic rings. The molecule has 1 aromatic heterocycles. The molecule has 1 aromatic carbocycles. The molecule has 0 radical (unpaired) electrons. The van der Waals surface area contributed by atoms with Gasteiger partial charge in [-0.15, -0.1) is 11.6 Å². The van der Waals surface area contributed by atoms with E-state index in [2.05, 4.69) is 16.5 Å². The third kappa shape index (κ3) is 2.81. The fourth-order valence-corrected chi connectivity index (χ4v) is 4.19. The second kappa shape index (κ2) is 6.03. The lowest BCUT2D eigenvalue weighted by atomic mass is 9.83. The van der Waals surface area contributed by atoms with Crippen molar-refractivity contribution in [2.75, 3.05) is 0 Å². The second-order valence-corrected chi connectivity index (χ2v) is 7.49. The Morgan fingerprint density at radius 2 is 2.10 bits per heavy atom. The monoisotopic (exact) mass is 420 g/mol. The van der Waals surface area contributed by atoms with Gasteiger partial charge >= 0.3 is 0 Å². The van der Waals surface area contributed by atoms with Crippen molar-refractivity contribution < 1.29 is 4.39 Å². The van der Waals surface area contributed by atoms with E-state index < -0.39 is 0 Å². The zero-order valence-electron chi connectivity index (χ0n) is 12.1. The Labute approximate surface area is 143 Å². The summed E-state index contributed by atoms with van der Waals surface area (Å²) in [5, 5.41) is 0. The summed E-state index contributed by atoms with van der Waals surface area (Å²) in [7, 11) is 0. The van der Waals surface area contributed by atoms with E-state index >= 15 is 0 Å². The van der Waals surface area contributed by atoms with E-state index in [-0.39, 0.29) is 5.82 Å². The van der Waals surface area contributed by atoms with Crippen LogP contribution in [0.1, 0.15) is 44.9 Å². The Hall–Kier alpha value is -0.360. The Morgan fingerprint density at radius 1 is 1.38 bits per heavy atom. The third-order valence-electron chi connectivity index (χ3n) is 4.90. The van der Waals surface area contributed by atoms with Crippen LogP contribution in [-0.4, -0.2) is 9.55 Å². The van der Waals surface area contributed by atoms with Gasteiger partial charge in [0.05, 0.1) is 20.5 Å². The van der Waals surface area contributed by atoms with E-state index in [1.165, 1.54) is 25.7 Å². The number of hydrogen-bond acceptors (Lipinski definition) is 1. The van der Waals surface area contributed by atoms with Crippen LogP contribution >= 0.6 is 34.2 Å². The summed E-state index contributed by atoms with van der Waals surface area (Å²) in [6.07, 6.45) is 6.24. The van der Waals surface area contributed by atoms with Crippen molar-refractivity contribution in [3.8, 4) is 0 Å². The first-order chi connectivity index (χ1) is 10.1. The molecule has 1 heterocycles. The van der Waals surface area contributed by atoms with Crippen molar-refractivity contribution in [3.63, 3.8) is 0 Å². The second-order valence-electron chi connectivity index (χ2n) is 6.06. The quantitative estimate of drug-likeness (QED) is 0.472. The standard InChI is InChI=1S/C16H19ClFIN2/c1-2-16(5-3-4-6-16)10-21-14-7-11(18)12(19)8-13(14)20-15(21)9-17/h7-8H,2-6,9-10H2,1H3. The van der Waals surface area contributed by atoms with E-state index in [4.69, 9.17) is 11.6 Å². The first-order valence-electron chi connectivity index (χ1n) is 7.49. The smallest absolute Gasteiger partial charge is 0.138 e. The zero-order valence-corrected chi connectivity index (χ0v) is 15.0. The molecule has 0 aliphatic heterocycles. The van der Waals surface area contributed by atoms with Gasteiger partial charge in [-0.1, -0.05) is 19.8 Å². The first-order valence-corrected chi connectivity index (χ1v) is 9.10. The fourth-order valence-electron chi connectivity index (χ4n) is 3.53. The van der Waals surface area contributed by atoms with Crippen molar-refractivity contribution >= 4 is 45.2 Å². The molecule has 1 aliphatic carbocycles. The van der Waals surface area contributed by atoms with Crippen molar-refractivity contribution in [1.29, 1.82) is 0 Å². The van der Waals surface area contributed by atoms with Gasteiger partial charge in [0.25, 0.3) is 0 Å². The van der Waals surface area contributed by atoms with E-state index in [1.54, 1.807) is 6.07 Å². The fraction of sp³-hybridized carbons (Fsp3) is 0.562. The largest absolute Gasteiger partial charge is 0.326 e. The Balaban J connectivity index is 2.09. The molecule has 0 N–H and O–H groups in total. The SMILES string of the molecule is CCC1(Cn2c(CCl)nc3cc(I)c(F)cc32)CCCC1. The predicted octanol–water partition coefficient (Wildman–Crippen LogP) is 5.49. The molecular formula is C16H19ClFIN2. The number of hydrogen-bond donors (Lipinski definition) is 0. The van der Waals surface area contributed by atoms with Gasteiger partial charge < -0.3 is 4.57 Å². The Morgan fingerprint density at radius 3 is 2.71 bits per heavy atom. The van der Waals surface area contributed by atoms with Crippen LogP contribution in [0.5, 0.6) is 0 Å². The van der Waals surface area contributed by atoms with E-state index in [1.807, 2.05) is 28.7 Å². The van der Waals surface area contributed by atoms with Crippen LogP contribution in [-0.2, 0) is 12.4 Å². The first kappa shape index (κ1) is 15.5. The molecule has 0 spiro atoms. The van der Waals surface area contributed by atoms with Gasteiger partial charge in [0.1, 0.15) is 11.6 Å². The number of fused-ring (bicyclic) bond motifs is 1. The van der Waals surface area contributed by atoms with Gasteiger partial charge in [-0.3, -0.25) is 0 Å². The van der Waals surface area contributed by atoms with Crippen LogP contribution in [0.4, 0.5) is 4.39 Å². The number of nitrogens with zero attached hydrogens (tertiary/aromatic N) is 2. The molecule has 21 heavy (non-hydrogen) atoms. The van der Waals surface area contributed by atoms with Crippen LogP contribution < -0.4 is 0 Å². The summed E-state index contributed by atoms with van der Waals surface area (Å²) in [6.45, 7) is 3.16. The molecular weight excluding hydrogens is 402 g/mol. The lowest BCUT2D eigenvalue weighted by Gasteiger charge is -2.29. The minimum absolute atomic E-state index is 0.178. The highest BCUT2D eigenvalue weighted by atomic mass is 127. The molecule has 1 aliphatic rings. The molecule has 5 heteroatoms. The lowest BCUT2D eigenvalue weighted by molar-refractivity contribution is 0.238. The van der Waals surface area contributed by atoms with Crippen LogP contribution in [0.3, 0.4) is 0 Å². The van der Waals surface area contributed by atoms with E-state index in [9.17, 15) is 4.39 Å². The molecule has 0 unspecified atom stereocenters. The van der Waals surface area contributed by atoms with Gasteiger partial charge in [-0.25, -0.2) is 9.37 Å². The maximum atomic E-state index is 14.0. The number of imidazole rings is 1. The molecule has 0 bridgehead atoms. The minimum atomic E-state index is -0.178. The molecule has 2 nitrogen and oxygen atoms in total. The zero-order chi connectivity index (χ0) is 15.0. The number of rotatable bonds is 4. The summed E-state index contributed by atoms with van der Waals surface area (Å²) in [5.41, 5.74) is 2.05. The van der Waals surface area contributed by atoms with Crippen molar-refractivity contribution in [2.24, 2.45) is 5.41 Å². The molecule has 1 saturated carbocycles. The van der Waals surface area contributed by atoms with Gasteiger partial charge in [0, 0.05) is 12.6 Å². The molecule has 1 fully saturated rings. The number of aromatic nitrogens is 2. The van der Waals surface area contributed by atoms with Crippen LogP contribution in [0.15, 0.2) is 12.1 Å². The predicted molar refractivity (Wildman–Crippen MR) is 93.2 cm³/mol. The van der Waals surface area contributed by atoms with Gasteiger partial charge in [0.15, 0.2) is 0 Å². The molecule has 3 rings (SSSR count). The Kier molecular flexibility index (Phi) is 4.46. The molecule has 114 valence electrons. The maximum absolute atomic E-state index is 14.0. The molecule has 0 atom stereocenters. The summed E-state index contributed by atoms with van der Waals surface area (Å²) >= 11 is 8.09. The van der Waals surface area contributed by atoms with Crippen molar-refractivity contribution in [1.82, 2.24) is 9.55 Å². The van der Waals surface area contributed by atoms with E-state index in [0.29, 0.717) is 14.9 Å². The highest BCUT2D eigenvalue weighted by Crippen LogP contribution is 2.43. The summed E-state index contributed by atoms with van der Waals surface area (Å²) in [5.74, 6) is 1.04.